The average Bonchev–Trinajstić information content (AvgIpc) is 2.78. The molecule has 3 N–H and O–H groups in total. The van der Waals surface area contributed by atoms with Crippen molar-refractivity contribution in [3.05, 3.63) is 0 Å². The van der Waals surface area contributed by atoms with Crippen LogP contribution in [0.5, 0.6) is 0 Å². The van der Waals surface area contributed by atoms with Crippen molar-refractivity contribution in [2.75, 3.05) is 13.1 Å². The van der Waals surface area contributed by atoms with Crippen molar-refractivity contribution < 1.29 is 9.59 Å². The molecule has 0 aromatic carbocycles. The molecule has 2 heterocycles. The highest BCUT2D eigenvalue weighted by Crippen LogP contribution is 2.19. The van der Waals surface area contributed by atoms with E-state index in [-0.39, 0.29) is 17.9 Å². The predicted octanol–water partition coefficient (Wildman–Crippen LogP) is -0.552. The van der Waals surface area contributed by atoms with Crippen LogP contribution in [-0.2, 0) is 9.59 Å². The molecule has 0 aromatic heterocycles. The van der Waals surface area contributed by atoms with Gasteiger partial charge in [-0.2, -0.15) is 5.10 Å². The predicted molar refractivity (Wildman–Crippen MR) is 63.1 cm³/mol. The van der Waals surface area contributed by atoms with Gasteiger partial charge in [-0.1, -0.05) is 0 Å². The summed E-state index contributed by atoms with van der Waals surface area (Å²) >= 11 is 0. The zero-order valence-electron chi connectivity index (χ0n) is 9.98. The Hall–Kier alpha value is -1.43. The van der Waals surface area contributed by atoms with E-state index in [0.29, 0.717) is 31.0 Å². The number of carbonyl (C=O) groups is 2. The molecular formula is C11H18N4O2. The number of rotatable bonds is 2. The number of amides is 2. The fraction of sp³-hybridized carbons (Fsp3) is 0.727. The van der Waals surface area contributed by atoms with Crippen LogP contribution in [0.1, 0.15) is 26.2 Å². The van der Waals surface area contributed by atoms with Gasteiger partial charge in [-0.3, -0.25) is 9.59 Å². The van der Waals surface area contributed by atoms with E-state index in [0.717, 1.165) is 13.0 Å². The van der Waals surface area contributed by atoms with Crippen LogP contribution in [0.15, 0.2) is 5.10 Å². The highest BCUT2D eigenvalue weighted by atomic mass is 16.2. The van der Waals surface area contributed by atoms with Gasteiger partial charge in [-0.05, 0) is 19.3 Å². The quantitative estimate of drug-likeness (QED) is 0.676. The Morgan fingerprint density at radius 3 is 2.88 bits per heavy atom. The molecule has 1 saturated heterocycles. The number of likely N-dealkylation sites (tertiary alicyclic amines) is 1. The Bertz CT molecular complexity index is 364. The SMILES string of the molecule is CC(N)C1CCN(C(=O)C2=NNC(=O)CC2)C1. The van der Waals surface area contributed by atoms with E-state index in [1.54, 1.807) is 4.90 Å². The summed E-state index contributed by atoms with van der Waals surface area (Å²) in [6, 6.07) is 0.112. The van der Waals surface area contributed by atoms with Crippen LogP contribution >= 0.6 is 0 Å². The van der Waals surface area contributed by atoms with Crippen molar-refractivity contribution >= 4 is 17.5 Å². The van der Waals surface area contributed by atoms with Gasteiger partial charge in [0.25, 0.3) is 5.91 Å². The van der Waals surface area contributed by atoms with Crippen molar-refractivity contribution in [3.63, 3.8) is 0 Å². The minimum atomic E-state index is -0.128. The van der Waals surface area contributed by atoms with Gasteiger partial charge in [0.05, 0.1) is 0 Å². The normalized spacial score (nSPS) is 26.5. The molecule has 0 aromatic rings. The highest BCUT2D eigenvalue weighted by Gasteiger charge is 2.31. The monoisotopic (exact) mass is 238 g/mol. The second-order valence-corrected chi connectivity index (χ2v) is 4.75. The van der Waals surface area contributed by atoms with Crippen LogP contribution in [-0.4, -0.2) is 41.6 Å². The van der Waals surface area contributed by atoms with Crippen molar-refractivity contribution in [1.82, 2.24) is 10.3 Å². The molecule has 1 fully saturated rings. The summed E-state index contributed by atoms with van der Waals surface area (Å²) in [4.78, 5) is 24.8. The summed E-state index contributed by atoms with van der Waals surface area (Å²) in [5, 5.41) is 3.82. The molecule has 0 saturated carbocycles. The topological polar surface area (TPSA) is 87.8 Å². The first kappa shape index (κ1) is 12.0. The van der Waals surface area contributed by atoms with Crippen molar-refractivity contribution in [2.24, 2.45) is 16.8 Å². The first-order valence-corrected chi connectivity index (χ1v) is 5.98. The van der Waals surface area contributed by atoms with Gasteiger partial charge in [0, 0.05) is 32.0 Å². The summed E-state index contributed by atoms with van der Waals surface area (Å²) in [5.74, 6) is 0.183. The van der Waals surface area contributed by atoms with Gasteiger partial charge < -0.3 is 10.6 Å². The number of carbonyl (C=O) groups excluding carboxylic acids is 2. The number of nitrogens with two attached hydrogens (primary N) is 1. The summed E-state index contributed by atoms with van der Waals surface area (Å²) in [7, 11) is 0. The second kappa shape index (κ2) is 4.83. The number of hydrogen-bond acceptors (Lipinski definition) is 4. The molecule has 94 valence electrons. The van der Waals surface area contributed by atoms with Gasteiger partial charge in [-0.15, -0.1) is 0 Å². The zero-order chi connectivity index (χ0) is 12.4. The molecule has 2 aliphatic heterocycles. The maximum Gasteiger partial charge on any atom is 0.270 e. The molecule has 0 bridgehead atoms. The molecule has 2 aliphatic rings. The molecule has 0 spiro atoms. The van der Waals surface area contributed by atoms with E-state index in [1.807, 2.05) is 6.92 Å². The zero-order valence-corrected chi connectivity index (χ0v) is 9.98. The van der Waals surface area contributed by atoms with Crippen LogP contribution in [0.25, 0.3) is 0 Å². The summed E-state index contributed by atoms with van der Waals surface area (Å²) in [5.41, 5.74) is 8.63. The Labute approximate surface area is 100 Å². The van der Waals surface area contributed by atoms with Crippen LogP contribution < -0.4 is 11.2 Å². The summed E-state index contributed by atoms with van der Waals surface area (Å²) in [6.45, 7) is 3.40. The van der Waals surface area contributed by atoms with Crippen LogP contribution in [0.2, 0.25) is 0 Å². The van der Waals surface area contributed by atoms with Gasteiger partial charge >= 0.3 is 0 Å². The van der Waals surface area contributed by atoms with Crippen molar-refractivity contribution in [1.29, 1.82) is 0 Å². The Balaban J connectivity index is 1.95. The van der Waals surface area contributed by atoms with Crippen LogP contribution in [0.3, 0.4) is 0 Å². The fourth-order valence-corrected chi connectivity index (χ4v) is 2.21. The maximum absolute atomic E-state index is 12.1. The molecule has 6 heteroatoms. The lowest BCUT2D eigenvalue weighted by Crippen LogP contribution is -2.40. The molecule has 2 rings (SSSR count). The smallest absolute Gasteiger partial charge is 0.270 e. The standard InChI is InChI=1S/C11H18N4O2/c1-7(12)8-4-5-15(6-8)11(17)9-2-3-10(16)14-13-9/h7-8H,2-6,12H2,1H3,(H,14,16). The van der Waals surface area contributed by atoms with Crippen molar-refractivity contribution in [3.8, 4) is 0 Å². The largest absolute Gasteiger partial charge is 0.337 e. The van der Waals surface area contributed by atoms with E-state index >= 15 is 0 Å². The molecule has 17 heavy (non-hydrogen) atoms. The molecule has 2 atom stereocenters. The summed E-state index contributed by atoms with van der Waals surface area (Å²) in [6.07, 6.45) is 1.72. The molecule has 2 amide bonds. The highest BCUT2D eigenvalue weighted by molar-refractivity contribution is 6.39. The third-order valence-electron chi connectivity index (χ3n) is 3.41. The minimum Gasteiger partial charge on any atom is -0.337 e. The number of nitrogens with one attached hydrogen (secondary N) is 1. The first-order chi connectivity index (χ1) is 8.08. The molecule has 2 unspecified atom stereocenters. The molecule has 0 aliphatic carbocycles. The summed E-state index contributed by atoms with van der Waals surface area (Å²) < 4.78 is 0. The minimum absolute atomic E-state index is 0.0619. The average molecular weight is 238 g/mol. The van der Waals surface area contributed by atoms with E-state index in [2.05, 4.69) is 10.5 Å². The lowest BCUT2D eigenvalue weighted by molar-refractivity contribution is -0.123. The lowest BCUT2D eigenvalue weighted by Gasteiger charge is -2.20. The van der Waals surface area contributed by atoms with Gasteiger partial charge in [0.1, 0.15) is 5.71 Å². The number of nitrogens with zero attached hydrogens (tertiary/aromatic N) is 2. The Morgan fingerprint density at radius 1 is 1.59 bits per heavy atom. The van der Waals surface area contributed by atoms with E-state index in [4.69, 9.17) is 5.73 Å². The molecule has 6 nitrogen and oxygen atoms in total. The van der Waals surface area contributed by atoms with Gasteiger partial charge in [0.2, 0.25) is 5.91 Å². The lowest BCUT2D eigenvalue weighted by atomic mass is 10.0. The van der Waals surface area contributed by atoms with Crippen LogP contribution in [0, 0.1) is 5.92 Å². The number of hydrazone groups is 1. The van der Waals surface area contributed by atoms with E-state index < -0.39 is 0 Å². The molecule has 0 radical (unpaired) electrons. The van der Waals surface area contributed by atoms with Crippen LogP contribution in [0.4, 0.5) is 0 Å². The van der Waals surface area contributed by atoms with E-state index in [1.165, 1.54) is 0 Å². The Morgan fingerprint density at radius 2 is 2.35 bits per heavy atom. The first-order valence-electron chi connectivity index (χ1n) is 5.98. The van der Waals surface area contributed by atoms with E-state index in [9.17, 15) is 9.59 Å². The molecular weight excluding hydrogens is 220 g/mol. The van der Waals surface area contributed by atoms with Gasteiger partial charge in [-0.25, -0.2) is 5.43 Å². The third-order valence-corrected chi connectivity index (χ3v) is 3.41. The second-order valence-electron chi connectivity index (χ2n) is 4.75. The fourth-order valence-electron chi connectivity index (χ4n) is 2.21. The van der Waals surface area contributed by atoms with Gasteiger partial charge in [0.15, 0.2) is 0 Å². The third kappa shape index (κ3) is 2.63. The number of hydrogen-bond donors (Lipinski definition) is 2. The van der Waals surface area contributed by atoms with Crippen molar-refractivity contribution in [2.45, 2.75) is 32.2 Å². The Kier molecular flexibility index (Phi) is 3.42. The maximum atomic E-state index is 12.1.